The summed E-state index contributed by atoms with van der Waals surface area (Å²) >= 11 is 5.15. The highest BCUT2D eigenvalue weighted by atomic mass is 32.1. The van der Waals surface area contributed by atoms with Gasteiger partial charge < -0.3 is 4.98 Å². The molecule has 2 rings (SSSR count). The van der Waals surface area contributed by atoms with Gasteiger partial charge >= 0.3 is 0 Å². The molecule has 0 aliphatic rings. The maximum Gasteiger partial charge on any atom is 0.157 e. The van der Waals surface area contributed by atoms with Crippen molar-refractivity contribution in [3.05, 3.63) is 34.5 Å². The molecule has 4 nitrogen and oxygen atoms in total. The van der Waals surface area contributed by atoms with Gasteiger partial charge in [0.15, 0.2) is 5.82 Å². The Labute approximate surface area is 92.5 Å². The molecule has 0 aliphatic heterocycles. The molecule has 76 valence electrons. The molecule has 15 heavy (non-hydrogen) atoms. The normalized spacial score (nSPS) is 10.3. The average molecular weight is 218 g/mol. The van der Waals surface area contributed by atoms with Crippen LogP contribution in [0.5, 0.6) is 0 Å². The minimum absolute atomic E-state index is 0.611. The second-order valence-electron chi connectivity index (χ2n) is 3.24. The van der Waals surface area contributed by atoms with Gasteiger partial charge in [-0.15, -0.1) is 0 Å². The zero-order chi connectivity index (χ0) is 10.8. The molecule has 0 radical (unpaired) electrons. The number of nitrogens with zero attached hydrogens (tertiary/aromatic N) is 3. The number of hydrogen-bond donors (Lipinski definition) is 1. The largest absolute Gasteiger partial charge is 0.342 e. The van der Waals surface area contributed by atoms with Crippen molar-refractivity contribution in [3.8, 4) is 11.5 Å². The molecule has 0 fully saturated rings. The Morgan fingerprint density at radius 2 is 2.13 bits per heavy atom. The summed E-state index contributed by atoms with van der Waals surface area (Å²) in [7, 11) is 0. The topological polar surface area (TPSA) is 54.5 Å². The molecule has 5 heteroatoms. The van der Waals surface area contributed by atoms with Gasteiger partial charge in [-0.25, -0.2) is 15.0 Å². The second-order valence-corrected chi connectivity index (χ2v) is 3.62. The Bertz CT molecular complexity index is 533. The lowest BCUT2D eigenvalue weighted by atomic mass is 10.2. The van der Waals surface area contributed by atoms with Crippen molar-refractivity contribution in [3.63, 3.8) is 0 Å². The molecule has 2 aromatic rings. The summed E-state index contributed by atoms with van der Waals surface area (Å²) < 4.78 is 0.611. The molecular formula is C10H10N4S. The van der Waals surface area contributed by atoms with E-state index in [1.165, 1.54) is 6.33 Å². The highest BCUT2D eigenvalue weighted by Crippen LogP contribution is 2.13. The van der Waals surface area contributed by atoms with Crippen molar-refractivity contribution >= 4 is 12.2 Å². The quantitative estimate of drug-likeness (QED) is 0.746. The summed E-state index contributed by atoms with van der Waals surface area (Å²) in [6.07, 6.45) is 3.17. The fourth-order valence-electron chi connectivity index (χ4n) is 1.20. The molecule has 2 aromatic heterocycles. The molecule has 0 saturated heterocycles. The first-order valence-electron chi connectivity index (χ1n) is 4.52. The van der Waals surface area contributed by atoms with E-state index < -0.39 is 0 Å². The van der Waals surface area contributed by atoms with Crippen LogP contribution < -0.4 is 0 Å². The molecular weight excluding hydrogens is 208 g/mol. The number of nitrogens with one attached hydrogen (secondary N) is 1. The van der Waals surface area contributed by atoms with Crippen LogP contribution in [0.25, 0.3) is 11.5 Å². The van der Waals surface area contributed by atoms with E-state index in [2.05, 4.69) is 19.9 Å². The van der Waals surface area contributed by atoms with Crippen LogP contribution in [-0.2, 0) is 0 Å². The lowest BCUT2D eigenvalue weighted by molar-refractivity contribution is 1.03. The number of H-pyrrole nitrogens is 1. The lowest BCUT2D eigenvalue weighted by Crippen LogP contribution is -1.97. The third-order valence-electron chi connectivity index (χ3n) is 2.23. The van der Waals surface area contributed by atoms with E-state index in [9.17, 15) is 0 Å². The first-order valence-corrected chi connectivity index (χ1v) is 4.93. The van der Waals surface area contributed by atoms with E-state index in [1.807, 2.05) is 13.8 Å². The van der Waals surface area contributed by atoms with Crippen molar-refractivity contribution in [1.29, 1.82) is 0 Å². The van der Waals surface area contributed by atoms with Crippen LogP contribution in [0.4, 0.5) is 0 Å². The Balaban J connectivity index is 2.61. The molecule has 0 aromatic carbocycles. The minimum Gasteiger partial charge on any atom is -0.342 e. The molecule has 0 saturated carbocycles. The minimum atomic E-state index is 0.611. The van der Waals surface area contributed by atoms with Crippen molar-refractivity contribution in [2.45, 2.75) is 13.8 Å². The Morgan fingerprint density at radius 3 is 2.73 bits per heavy atom. The number of aryl methyl sites for hydroxylation is 1. The van der Waals surface area contributed by atoms with Gasteiger partial charge in [-0.2, -0.15) is 0 Å². The van der Waals surface area contributed by atoms with Crippen LogP contribution in [-0.4, -0.2) is 19.9 Å². The van der Waals surface area contributed by atoms with E-state index >= 15 is 0 Å². The van der Waals surface area contributed by atoms with Crippen LogP contribution in [0, 0.1) is 18.5 Å². The van der Waals surface area contributed by atoms with Crippen LogP contribution in [0.15, 0.2) is 18.6 Å². The van der Waals surface area contributed by atoms with Crippen molar-refractivity contribution in [2.24, 2.45) is 0 Å². The summed E-state index contributed by atoms with van der Waals surface area (Å²) in [6.45, 7) is 3.92. The number of hydrogen-bond acceptors (Lipinski definition) is 4. The van der Waals surface area contributed by atoms with Gasteiger partial charge in [0.2, 0.25) is 0 Å². The highest BCUT2D eigenvalue weighted by molar-refractivity contribution is 7.71. The molecule has 0 atom stereocenters. The van der Waals surface area contributed by atoms with Gasteiger partial charge in [-0.05, 0) is 19.9 Å². The summed E-state index contributed by atoms with van der Waals surface area (Å²) in [6, 6.07) is 1.79. The van der Waals surface area contributed by atoms with E-state index in [1.54, 1.807) is 12.3 Å². The third kappa shape index (κ3) is 1.92. The molecule has 0 amide bonds. The van der Waals surface area contributed by atoms with E-state index in [4.69, 9.17) is 12.2 Å². The van der Waals surface area contributed by atoms with E-state index in [-0.39, 0.29) is 0 Å². The maximum absolute atomic E-state index is 5.15. The Kier molecular flexibility index (Phi) is 2.55. The maximum atomic E-state index is 5.15. The molecule has 0 bridgehead atoms. The van der Waals surface area contributed by atoms with Gasteiger partial charge in [0.25, 0.3) is 0 Å². The first kappa shape index (κ1) is 9.92. The predicted octanol–water partition coefficient (Wildman–Crippen LogP) is 2.21. The van der Waals surface area contributed by atoms with E-state index in [0.29, 0.717) is 10.5 Å². The van der Waals surface area contributed by atoms with Crippen LogP contribution in [0.1, 0.15) is 11.3 Å². The summed E-state index contributed by atoms with van der Waals surface area (Å²) in [5.41, 5.74) is 2.77. The monoisotopic (exact) mass is 218 g/mol. The fourth-order valence-corrected chi connectivity index (χ4v) is 1.44. The molecule has 0 aliphatic carbocycles. The number of rotatable bonds is 1. The zero-order valence-corrected chi connectivity index (χ0v) is 9.30. The first-order chi connectivity index (χ1) is 7.18. The van der Waals surface area contributed by atoms with Crippen LogP contribution >= 0.6 is 12.2 Å². The molecule has 0 unspecified atom stereocenters. The molecule has 2 heterocycles. The average Bonchev–Trinajstić information content (AvgIpc) is 2.26. The van der Waals surface area contributed by atoms with Crippen LogP contribution in [0.2, 0.25) is 0 Å². The van der Waals surface area contributed by atoms with Gasteiger partial charge in [0, 0.05) is 17.5 Å². The van der Waals surface area contributed by atoms with Gasteiger partial charge in [0.05, 0.1) is 0 Å². The number of aromatic amines is 1. The second kappa shape index (κ2) is 3.86. The van der Waals surface area contributed by atoms with Crippen LogP contribution in [0.3, 0.4) is 0 Å². The van der Waals surface area contributed by atoms with Gasteiger partial charge in [0.1, 0.15) is 16.7 Å². The fraction of sp³-hybridized carbons (Fsp3) is 0.200. The standard InChI is InChI=1S/C10H10N4S/c1-6-7(2)13-9(14-10(6)15)8-3-4-11-5-12-8/h3-5H,1-2H3,(H,13,14,15). The van der Waals surface area contributed by atoms with E-state index in [0.717, 1.165) is 17.0 Å². The predicted molar refractivity (Wildman–Crippen MR) is 59.9 cm³/mol. The highest BCUT2D eigenvalue weighted by Gasteiger charge is 2.04. The van der Waals surface area contributed by atoms with Crippen molar-refractivity contribution in [2.75, 3.05) is 0 Å². The summed E-state index contributed by atoms with van der Waals surface area (Å²) in [5, 5.41) is 0. The Morgan fingerprint density at radius 1 is 1.33 bits per heavy atom. The smallest absolute Gasteiger partial charge is 0.157 e. The van der Waals surface area contributed by atoms with Crippen molar-refractivity contribution < 1.29 is 0 Å². The number of aromatic nitrogens is 4. The lowest BCUT2D eigenvalue weighted by Gasteiger charge is -2.04. The Hall–Kier alpha value is -1.62. The summed E-state index contributed by atoms with van der Waals surface area (Å²) in [4.78, 5) is 15.4. The van der Waals surface area contributed by atoms with Crippen molar-refractivity contribution in [1.82, 2.24) is 19.9 Å². The molecule has 0 spiro atoms. The molecule has 1 N–H and O–H groups in total. The third-order valence-corrected chi connectivity index (χ3v) is 2.62. The zero-order valence-electron chi connectivity index (χ0n) is 8.48. The SMILES string of the molecule is Cc1[nH]c(-c2ccncn2)nc(=S)c1C. The summed E-state index contributed by atoms with van der Waals surface area (Å²) in [5.74, 6) is 0.686. The van der Waals surface area contributed by atoms with Gasteiger partial charge in [-0.3, -0.25) is 0 Å². The van der Waals surface area contributed by atoms with Gasteiger partial charge in [-0.1, -0.05) is 12.2 Å².